The first-order valence-corrected chi connectivity index (χ1v) is 10.3. The number of primary amides is 1. The number of thiophene rings is 1. The highest BCUT2D eigenvalue weighted by Crippen LogP contribution is 2.45. The van der Waals surface area contributed by atoms with Crippen LogP contribution in [0.1, 0.15) is 39.2 Å². The van der Waals surface area contributed by atoms with E-state index in [-0.39, 0.29) is 12.5 Å². The number of benzene rings is 1. The number of nitrogens with two attached hydrogens (primary N) is 2. The molecule has 0 fully saturated rings. The summed E-state index contributed by atoms with van der Waals surface area (Å²) in [6, 6.07) is 3.71. The molecule has 1 atom stereocenters. The average molecular weight is 439 g/mol. The number of carbonyl (C=O) groups is 1. The molecule has 0 aliphatic carbocycles. The third-order valence-corrected chi connectivity index (χ3v) is 6.27. The molecule has 0 aliphatic rings. The summed E-state index contributed by atoms with van der Waals surface area (Å²) in [5.74, 6) is -2.84. The normalized spacial score (nSPS) is 12.3. The van der Waals surface area contributed by atoms with E-state index in [9.17, 15) is 13.6 Å². The van der Waals surface area contributed by atoms with Gasteiger partial charge in [0.2, 0.25) is 0 Å². The van der Waals surface area contributed by atoms with Crippen LogP contribution >= 0.6 is 22.9 Å². The Morgan fingerprint density at radius 2 is 2.07 bits per heavy atom. The van der Waals surface area contributed by atoms with Gasteiger partial charge < -0.3 is 11.5 Å². The second-order valence-electron chi connectivity index (χ2n) is 6.73. The molecule has 0 radical (unpaired) electrons. The van der Waals surface area contributed by atoms with E-state index < -0.39 is 17.5 Å². The van der Waals surface area contributed by atoms with Gasteiger partial charge in [-0.15, -0.1) is 11.3 Å². The molecule has 3 aromatic rings. The number of hydrogen-bond acceptors (Lipinski definition) is 4. The van der Waals surface area contributed by atoms with Gasteiger partial charge in [-0.05, 0) is 55.6 Å². The zero-order valence-corrected chi connectivity index (χ0v) is 17.6. The minimum absolute atomic E-state index is 0.165. The predicted molar refractivity (Wildman–Crippen MR) is 111 cm³/mol. The molecule has 0 saturated heterocycles. The third-order valence-electron chi connectivity index (χ3n) is 4.84. The summed E-state index contributed by atoms with van der Waals surface area (Å²) in [5, 5.41) is 4.36. The minimum atomic E-state index is -0.933. The van der Waals surface area contributed by atoms with E-state index in [2.05, 4.69) is 5.10 Å². The number of aryl methyl sites for hydroxylation is 2. The smallest absolute Gasteiger partial charge is 0.259 e. The summed E-state index contributed by atoms with van der Waals surface area (Å²) in [4.78, 5) is 12.5. The van der Waals surface area contributed by atoms with Crippen LogP contribution in [0.4, 0.5) is 8.78 Å². The van der Waals surface area contributed by atoms with Gasteiger partial charge in [0.05, 0.1) is 16.8 Å². The molecule has 0 saturated carbocycles. The molecular weight excluding hydrogens is 418 g/mol. The van der Waals surface area contributed by atoms with Crippen molar-refractivity contribution >= 4 is 28.8 Å². The molecule has 154 valence electrons. The SMILES string of the molecule is CCn1ncc(C)c1-c1c(Cl)sc(C(N)=O)c1[C@@H](CN)Cc1ccc(F)c(F)c1. The van der Waals surface area contributed by atoms with Crippen LogP contribution in [0.3, 0.4) is 0 Å². The molecule has 0 spiro atoms. The largest absolute Gasteiger partial charge is 0.365 e. The molecule has 3 rings (SSSR count). The van der Waals surface area contributed by atoms with Crippen LogP contribution in [-0.2, 0) is 13.0 Å². The lowest BCUT2D eigenvalue weighted by Crippen LogP contribution is -2.20. The van der Waals surface area contributed by atoms with Crippen molar-refractivity contribution < 1.29 is 13.6 Å². The standard InChI is InChI=1S/C20H21ClF2N4OS/c1-3-27-17(10(2)9-26-27)16-15(18(20(25)28)29-19(16)21)12(8-24)6-11-4-5-13(22)14(23)7-11/h4-5,7,9,12H,3,6,8,24H2,1-2H3,(H2,25,28)/t12-/m1/s1. The summed E-state index contributed by atoms with van der Waals surface area (Å²) in [6.07, 6.45) is 2.03. The lowest BCUT2D eigenvalue weighted by molar-refractivity contribution is 0.100. The van der Waals surface area contributed by atoms with Gasteiger partial charge in [-0.3, -0.25) is 9.48 Å². The Bertz CT molecular complexity index is 1060. The van der Waals surface area contributed by atoms with Crippen LogP contribution < -0.4 is 11.5 Å². The quantitative estimate of drug-likeness (QED) is 0.578. The maximum Gasteiger partial charge on any atom is 0.259 e. The zero-order chi connectivity index (χ0) is 21.3. The Balaban J connectivity index is 2.18. The minimum Gasteiger partial charge on any atom is -0.365 e. The van der Waals surface area contributed by atoms with Crippen molar-refractivity contribution in [1.29, 1.82) is 0 Å². The fourth-order valence-corrected chi connectivity index (χ4v) is 4.90. The van der Waals surface area contributed by atoms with Gasteiger partial charge in [-0.1, -0.05) is 17.7 Å². The third kappa shape index (κ3) is 4.05. The van der Waals surface area contributed by atoms with Crippen LogP contribution in [0.5, 0.6) is 0 Å². The Morgan fingerprint density at radius 3 is 2.66 bits per heavy atom. The van der Waals surface area contributed by atoms with E-state index in [0.29, 0.717) is 38.9 Å². The molecule has 9 heteroatoms. The monoisotopic (exact) mass is 438 g/mol. The number of amides is 1. The lowest BCUT2D eigenvalue weighted by atomic mass is 9.88. The number of rotatable bonds is 7. The number of hydrogen-bond donors (Lipinski definition) is 2. The molecule has 0 aliphatic heterocycles. The van der Waals surface area contributed by atoms with Crippen LogP contribution in [0.2, 0.25) is 4.34 Å². The van der Waals surface area contributed by atoms with Crippen LogP contribution in [0.15, 0.2) is 24.4 Å². The summed E-state index contributed by atoms with van der Waals surface area (Å²) < 4.78 is 29.2. The van der Waals surface area contributed by atoms with E-state index in [1.54, 1.807) is 10.9 Å². The first-order chi connectivity index (χ1) is 13.8. The topological polar surface area (TPSA) is 86.9 Å². The summed E-state index contributed by atoms with van der Waals surface area (Å²) in [6.45, 7) is 4.63. The van der Waals surface area contributed by atoms with Gasteiger partial charge in [0, 0.05) is 18.0 Å². The number of halogens is 3. The van der Waals surface area contributed by atoms with Crippen molar-refractivity contribution in [1.82, 2.24) is 9.78 Å². The Morgan fingerprint density at radius 1 is 1.34 bits per heavy atom. The highest BCUT2D eigenvalue weighted by atomic mass is 35.5. The lowest BCUT2D eigenvalue weighted by Gasteiger charge is -2.19. The van der Waals surface area contributed by atoms with Crippen molar-refractivity contribution in [3.63, 3.8) is 0 Å². The first-order valence-electron chi connectivity index (χ1n) is 9.07. The van der Waals surface area contributed by atoms with Gasteiger partial charge in [0.25, 0.3) is 5.91 Å². The first kappa shape index (κ1) is 21.4. The highest BCUT2D eigenvalue weighted by molar-refractivity contribution is 7.18. The Labute approximate surface area is 176 Å². The molecule has 0 bridgehead atoms. The molecule has 0 unspecified atom stereocenters. The predicted octanol–water partition coefficient (Wildman–Crippen LogP) is 4.26. The van der Waals surface area contributed by atoms with Gasteiger partial charge in [-0.25, -0.2) is 8.78 Å². The summed E-state index contributed by atoms with van der Waals surface area (Å²) in [5.41, 5.74) is 15.2. The van der Waals surface area contributed by atoms with Crippen molar-refractivity contribution in [2.24, 2.45) is 11.5 Å². The maximum absolute atomic E-state index is 13.7. The molecular formula is C20H21ClF2N4OS. The van der Waals surface area contributed by atoms with Gasteiger partial charge >= 0.3 is 0 Å². The van der Waals surface area contributed by atoms with E-state index >= 15 is 0 Å². The fourth-order valence-electron chi connectivity index (χ4n) is 3.51. The van der Waals surface area contributed by atoms with Crippen molar-refractivity contribution in [3.05, 3.63) is 61.9 Å². The van der Waals surface area contributed by atoms with Gasteiger partial charge in [0.15, 0.2) is 11.6 Å². The van der Waals surface area contributed by atoms with Crippen LogP contribution in [-0.4, -0.2) is 22.2 Å². The molecule has 2 heterocycles. The van der Waals surface area contributed by atoms with Gasteiger partial charge in [0.1, 0.15) is 4.34 Å². The van der Waals surface area contributed by atoms with Crippen molar-refractivity contribution in [3.8, 4) is 11.3 Å². The molecule has 2 aromatic heterocycles. The molecule has 29 heavy (non-hydrogen) atoms. The zero-order valence-electron chi connectivity index (χ0n) is 16.0. The molecule has 5 nitrogen and oxygen atoms in total. The Hall–Kier alpha value is -2.29. The van der Waals surface area contributed by atoms with E-state index in [4.69, 9.17) is 23.1 Å². The molecule has 1 aromatic carbocycles. The second-order valence-corrected chi connectivity index (χ2v) is 8.36. The number of aromatic nitrogens is 2. The van der Waals surface area contributed by atoms with Gasteiger partial charge in [-0.2, -0.15) is 5.10 Å². The fraction of sp³-hybridized carbons (Fsp3) is 0.300. The van der Waals surface area contributed by atoms with Crippen LogP contribution in [0.25, 0.3) is 11.3 Å². The number of nitrogens with zero attached hydrogens (tertiary/aromatic N) is 2. The van der Waals surface area contributed by atoms with Crippen molar-refractivity contribution in [2.45, 2.75) is 32.7 Å². The van der Waals surface area contributed by atoms with Crippen LogP contribution in [0, 0.1) is 18.6 Å². The summed E-state index contributed by atoms with van der Waals surface area (Å²) in [7, 11) is 0. The van der Waals surface area contributed by atoms with E-state index in [0.717, 1.165) is 34.7 Å². The maximum atomic E-state index is 13.7. The Kier molecular flexibility index (Phi) is 6.36. The highest BCUT2D eigenvalue weighted by Gasteiger charge is 2.30. The van der Waals surface area contributed by atoms with Crippen molar-refractivity contribution in [2.75, 3.05) is 6.54 Å². The number of carbonyl (C=O) groups excluding carboxylic acids is 1. The summed E-state index contributed by atoms with van der Waals surface area (Å²) >= 11 is 7.65. The molecule has 1 amide bonds. The van der Waals surface area contributed by atoms with E-state index in [1.807, 2.05) is 13.8 Å². The molecule has 4 N–H and O–H groups in total. The average Bonchev–Trinajstić information content (AvgIpc) is 3.21. The second kappa shape index (κ2) is 8.61. The van der Waals surface area contributed by atoms with E-state index in [1.165, 1.54) is 6.07 Å².